The van der Waals surface area contributed by atoms with E-state index in [0.717, 1.165) is 44.9 Å². The van der Waals surface area contributed by atoms with Gasteiger partial charge in [-0.15, -0.1) is 0 Å². The summed E-state index contributed by atoms with van der Waals surface area (Å²) < 4.78 is 0. The van der Waals surface area contributed by atoms with Crippen molar-refractivity contribution in [1.82, 2.24) is 0 Å². The fourth-order valence-corrected chi connectivity index (χ4v) is 3.64. The number of aliphatic hydroxyl groups is 3. The molecule has 0 fully saturated rings. The van der Waals surface area contributed by atoms with Gasteiger partial charge >= 0.3 is 0 Å². The van der Waals surface area contributed by atoms with Gasteiger partial charge in [-0.1, -0.05) is 85.0 Å². The summed E-state index contributed by atoms with van der Waals surface area (Å²) in [5.41, 5.74) is 0. The van der Waals surface area contributed by atoms with Gasteiger partial charge in [-0.05, 0) is 38.0 Å². The fraction of sp³-hybridized carbons (Fsp3) is 1.00. The molecule has 3 N–H and O–H groups in total. The lowest BCUT2D eigenvalue weighted by molar-refractivity contribution is -0.00171. The van der Waals surface area contributed by atoms with Crippen LogP contribution in [0.1, 0.15) is 117 Å². The van der Waals surface area contributed by atoms with Gasteiger partial charge in [0.25, 0.3) is 0 Å². The third-order valence-electron chi connectivity index (χ3n) is 5.44. The Morgan fingerprint density at radius 1 is 0.440 bits per heavy atom. The summed E-state index contributed by atoms with van der Waals surface area (Å²) in [5.74, 6) is 0.262. The first-order valence-electron chi connectivity index (χ1n) is 11.1. The summed E-state index contributed by atoms with van der Waals surface area (Å²) in [6.45, 7) is 6.55. The summed E-state index contributed by atoms with van der Waals surface area (Å²) in [6, 6.07) is 0. The third-order valence-corrected chi connectivity index (χ3v) is 5.44. The summed E-state index contributed by atoms with van der Waals surface area (Å²) in [6.07, 6.45) is 14.2. The van der Waals surface area contributed by atoms with Gasteiger partial charge in [0.1, 0.15) is 0 Å². The van der Waals surface area contributed by atoms with Gasteiger partial charge in [0.2, 0.25) is 0 Å². The predicted octanol–water partition coefficient (Wildman–Crippen LogP) is 5.60. The van der Waals surface area contributed by atoms with Crippen molar-refractivity contribution < 1.29 is 15.3 Å². The zero-order valence-electron chi connectivity index (χ0n) is 17.3. The average molecular weight is 359 g/mol. The van der Waals surface area contributed by atoms with Crippen molar-refractivity contribution in [2.75, 3.05) is 0 Å². The van der Waals surface area contributed by atoms with Gasteiger partial charge < -0.3 is 15.3 Å². The minimum Gasteiger partial charge on any atom is -0.393 e. The molecule has 0 aliphatic heterocycles. The second-order valence-corrected chi connectivity index (χ2v) is 7.88. The molecule has 0 spiro atoms. The molecule has 0 aliphatic rings. The molecule has 0 rings (SSSR count). The van der Waals surface area contributed by atoms with Crippen LogP contribution in [0.2, 0.25) is 0 Å². The van der Waals surface area contributed by atoms with Crippen LogP contribution in [-0.4, -0.2) is 33.6 Å². The van der Waals surface area contributed by atoms with Crippen molar-refractivity contribution in [3.8, 4) is 0 Å². The molecule has 0 aliphatic carbocycles. The fourth-order valence-electron chi connectivity index (χ4n) is 3.64. The van der Waals surface area contributed by atoms with Crippen LogP contribution in [0, 0.1) is 5.92 Å². The van der Waals surface area contributed by atoms with Crippen molar-refractivity contribution in [1.29, 1.82) is 0 Å². The quantitative estimate of drug-likeness (QED) is 0.280. The Kier molecular flexibility index (Phi) is 17.2. The second kappa shape index (κ2) is 17.3. The first-order chi connectivity index (χ1) is 12.1. The summed E-state index contributed by atoms with van der Waals surface area (Å²) in [7, 11) is 0. The predicted molar refractivity (Wildman–Crippen MR) is 108 cm³/mol. The Bertz CT molecular complexity index is 270. The topological polar surface area (TPSA) is 60.7 Å². The summed E-state index contributed by atoms with van der Waals surface area (Å²) in [4.78, 5) is 0. The van der Waals surface area contributed by atoms with Gasteiger partial charge in [0, 0.05) is 0 Å². The minimum atomic E-state index is -0.641. The van der Waals surface area contributed by atoms with Crippen LogP contribution < -0.4 is 0 Å². The lowest BCUT2D eigenvalue weighted by Gasteiger charge is -2.25. The molecule has 0 heterocycles. The van der Waals surface area contributed by atoms with Gasteiger partial charge in [-0.25, -0.2) is 0 Å². The van der Waals surface area contributed by atoms with E-state index in [9.17, 15) is 15.3 Å². The molecule has 152 valence electrons. The molecule has 4 unspecified atom stereocenters. The normalized spacial score (nSPS) is 16.6. The molecule has 3 nitrogen and oxygen atoms in total. The van der Waals surface area contributed by atoms with E-state index in [1.807, 2.05) is 0 Å². The van der Waals surface area contributed by atoms with Crippen LogP contribution in [-0.2, 0) is 0 Å². The second-order valence-electron chi connectivity index (χ2n) is 7.88. The highest BCUT2D eigenvalue weighted by molar-refractivity contribution is 4.74. The third kappa shape index (κ3) is 13.7. The van der Waals surface area contributed by atoms with Crippen molar-refractivity contribution >= 4 is 0 Å². The maximum absolute atomic E-state index is 10.5. The first kappa shape index (κ1) is 24.9. The molecular formula is C22H46O3. The summed E-state index contributed by atoms with van der Waals surface area (Å²) in [5, 5.41) is 30.8. The van der Waals surface area contributed by atoms with Crippen LogP contribution in [0.25, 0.3) is 0 Å². The van der Waals surface area contributed by atoms with E-state index in [0.29, 0.717) is 12.8 Å². The average Bonchev–Trinajstić information content (AvgIpc) is 2.61. The molecule has 25 heavy (non-hydrogen) atoms. The Morgan fingerprint density at radius 2 is 0.920 bits per heavy atom. The number of hydrogen-bond acceptors (Lipinski definition) is 3. The molecule has 0 saturated carbocycles. The first-order valence-corrected chi connectivity index (χ1v) is 11.1. The van der Waals surface area contributed by atoms with Gasteiger partial charge in [0.15, 0.2) is 0 Å². The molecule has 0 aromatic heterocycles. The van der Waals surface area contributed by atoms with E-state index in [1.54, 1.807) is 0 Å². The maximum Gasteiger partial charge on any atom is 0.0799 e. The lowest BCUT2D eigenvalue weighted by atomic mass is 9.87. The summed E-state index contributed by atoms with van der Waals surface area (Å²) >= 11 is 0. The number of unbranched alkanes of at least 4 members (excludes halogenated alkanes) is 7. The molecule has 3 heteroatoms. The standard InChI is InChI=1S/C22H46O3/c1-4-7-9-11-13-16-21(24)22(25)18-17-19(14-6-3)20(23)15-12-10-8-5-2/h19-25H,4-18H2,1-3H3. The zero-order chi connectivity index (χ0) is 18.9. The van der Waals surface area contributed by atoms with Crippen molar-refractivity contribution in [3.05, 3.63) is 0 Å². The molecule has 0 amide bonds. The Balaban J connectivity index is 4.04. The van der Waals surface area contributed by atoms with Crippen molar-refractivity contribution in [3.63, 3.8) is 0 Å². The number of aliphatic hydroxyl groups excluding tert-OH is 3. The van der Waals surface area contributed by atoms with Crippen molar-refractivity contribution in [2.24, 2.45) is 5.92 Å². The van der Waals surface area contributed by atoms with Gasteiger partial charge in [0.05, 0.1) is 18.3 Å². The minimum absolute atomic E-state index is 0.254. The van der Waals surface area contributed by atoms with E-state index < -0.39 is 12.2 Å². The molecule has 0 saturated heterocycles. The Morgan fingerprint density at radius 3 is 1.48 bits per heavy atom. The number of hydrogen-bond donors (Lipinski definition) is 3. The maximum atomic E-state index is 10.5. The van der Waals surface area contributed by atoms with Crippen LogP contribution in [0.15, 0.2) is 0 Å². The molecule has 0 radical (unpaired) electrons. The van der Waals surface area contributed by atoms with Crippen LogP contribution in [0.4, 0.5) is 0 Å². The van der Waals surface area contributed by atoms with Crippen LogP contribution >= 0.6 is 0 Å². The Hall–Kier alpha value is -0.120. The molecular weight excluding hydrogens is 312 g/mol. The van der Waals surface area contributed by atoms with E-state index in [-0.39, 0.29) is 12.0 Å². The monoisotopic (exact) mass is 358 g/mol. The largest absolute Gasteiger partial charge is 0.393 e. The van der Waals surface area contributed by atoms with Crippen molar-refractivity contribution in [2.45, 2.75) is 135 Å². The highest BCUT2D eigenvalue weighted by Crippen LogP contribution is 2.24. The molecule has 0 aromatic carbocycles. The molecule has 0 bridgehead atoms. The molecule has 4 atom stereocenters. The number of rotatable bonds is 18. The highest BCUT2D eigenvalue weighted by atomic mass is 16.3. The van der Waals surface area contributed by atoms with Crippen LogP contribution in [0.5, 0.6) is 0 Å². The van der Waals surface area contributed by atoms with E-state index in [1.165, 1.54) is 38.5 Å². The van der Waals surface area contributed by atoms with E-state index in [4.69, 9.17) is 0 Å². The highest BCUT2D eigenvalue weighted by Gasteiger charge is 2.22. The lowest BCUT2D eigenvalue weighted by Crippen LogP contribution is -2.28. The smallest absolute Gasteiger partial charge is 0.0799 e. The van der Waals surface area contributed by atoms with Gasteiger partial charge in [-0.3, -0.25) is 0 Å². The SMILES string of the molecule is CCCCCCCC(O)C(O)CCC(CCC)C(O)CCCCCC. The Labute approximate surface area is 157 Å². The van der Waals surface area contributed by atoms with E-state index in [2.05, 4.69) is 20.8 Å². The van der Waals surface area contributed by atoms with Gasteiger partial charge in [-0.2, -0.15) is 0 Å². The van der Waals surface area contributed by atoms with E-state index >= 15 is 0 Å². The van der Waals surface area contributed by atoms with Crippen LogP contribution in [0.3, 0.4) is 0 Å². The zero-order valence-corrected chi connectivity index (χ0v) is 17.3. The molecule has 0 aromatic rings.